The Morgan fingerprint density at radius 3 is 2.86 bits per heavy atom. The van der Waals surface area contributed by atoms with Gasteiger partial charge in [-0.25, -0.2) is 0 Å². The molecule has 76 valence electrons. The molecule has 0 bridgehead atoms. The molecule has 0 aliphatic heterocycles. The maximum Gasteiger partial charge on any atom is 0.0298 e. The van der Waals surface area contributed by atoms with Crippen LogP contribution in [0.25, 0.3) is 0 Å². The maximum atomic E-state index is 6.12. The van der Waals surface area contributed by atoms with Crippen LogP contribution in [0, 0.1) is 0 Å². The van der Waals surface area contributed by atoms with Crippen molar-refractivity contribution in [3.8, 4) is 0 Å². The molecule has 0 amide bonds. The van der Waals surface area contributed by atoms with Gasteiger partial charge in [0, 0.05) is 10.5 Å². The molecule has 2 rings (SSSR count). The maximum absolute atomic E-state index is 6.12. The van der Waals surface area contributed by atoms with E-state index in [-0.39, 0.29) is 11.5 Å². The molecule has 0 fully saturated rings. The highest BCUT2D eigenvalue weighted by Gasteiger charge is 2.30. The fraction of sp³-hybridized carbons (Fsp3) is 0.500. The topological polar surface area (TPSA) is 26.0 Å². The van der Waals surface area contributed by atoms with Crippen molar-refractivity contribution in [3.05, 3.63) is 33.8 Å². The molecule has 2 heteroatoms. The van der Waals surface area contributed by atoms with E-state index in [0.717, 1.165) is 10.9 Å². The van der Waals surface area contributed by atoms with E-state index in [0.29, 0.717) is 0 Å². The van der Waals surface area contributed by atoms with Gasteiger partial charge in [-0.1, -0.05) is 35.8 Å². The Bertz CT molecular complexity index is 357. The minimum absolute atomic E-state index is 0.218. The van der Waals surface area contributed by atoms with Gasteiger partial charge < -0.3 is 5.73 Å². The second-order valence-corrected chi connectivity index (χ2v) is 5.68. The Morgan fingerprint density at radius 2 is 2.14 bits per heavy atom. The third-order valence-corrected chi connectivity index (χ3v) is 3.72. The fourth-order valence-electron chi connectivity index (χ4n) is 2.26. The normalized spacial score (nSPS) is 24.4. The van der Waals surface area contributed by atoms with E-state index < -0.39 is 0 Å². The number of rotatable bonds is 0. The number of fused-ring (bicyclic) bond motifs is 1. The first kappa shape index (κ1) is 10.2. The minimum atomic E-state index is 0.218. The highest BCUT2D eigenvalue weighted by molar-refractivity contribution is 9.10. The predicted octanol–water partition coefficient (Wildman–Crippen LogP) is 3.52. The molecule has 0 saturated heterocycles. The largest absolute Gasteiger partial charge is 0.324 e. The van der Waals surface area contributed by atoms with Crippen molar-refractivity contribution in [2.24, 2.45) is 5.73 Å². The Kier molecular flexibility index (Phi) is 2.44. The van der Waals surface area contributed by atoms with Crippen LogP contribution < -0.4 is 5.73 Å². The van der Waals surface area contributed by atoms with Crippen molar-refractivity contribution in [1.29, 1.82) is 0 Å². The summed E-state index contributed by atoms with van der Waals surface area (Å²) in [6, 6.07) is 6.70. The fourth-order valence-corrected chi connectivity index (χ4v) is 2.64. The number of nitrogens with two attached hydrogens (primary N) is 1. The molecule has 0 saturated carbocycles. The van der Waals surface area contributed by atoms with E-state index in [1.807, 2.05) is 0 Å². The molecule has 2 N–H and O–H groups in total. The second-order valence-electron chi connectivity index (χ2n) is 4.76. The molecule has 0 radical (unpaired) electrons. The monoisotopic (exact) mass is 253 g/mol. The van der Waals surface area contributed by atoms with Crippen molar-refractivity contribution in [1.82, 2.24) is 0 Å². The number of hydrogen-bond donors (Lipinski definition) is 1. The lowest BCUT2D eigenvalue weighted by Crippen LogP contribution is -2.29. The number of hydrogen-bond acceptors (Lipinski definition) is 1. The molecule has 0 spiro atoms. The van der Waals surface area contributed by atoms with Crippen LogP contribution in [0.2, 0.25) is 0 Å². The molecule has 14 heavy (non-hydrogen) atoms. The zero-order valence-corrected chi connectivity index (χ0v) is 10.3. The molecule has 1 unspecified atom stereocenters. The van der Waals surface area contributed by atoms with E-state index in [1.165, 1.54) is 17.5 Å². The molecule has 1 aliphatic rings. The quantitative estimate of drug-likeness (QED) is 0.753. The molecular formula is C12H16BrN. The average Bonchev–Trinajstić information content (AvgIpc) is 2.12. The molecule has 1 aliphatic carbocycles. The predicted molar refractivity (Wildman–Crippen MR) is 63.3 cm³/mol. The van der Waals surface area contributed by atoms with Gasteiger partial charge in [-0.3, -0.25) is 0 Å². The summed E-state index contributed by atoms with van der Waals surface area (Å²) < 4.78 is 1.13. The van der Waals surface area contributed by atoms with Crippen LogP contribution in [0.15, 0.2) is 22.7 Å². The molecule has 0 aromatic heterocycles. The molecule has 1 atom stereocenters. The highest BCUT2D eigenvalue weighted by atomic mass is 79.9. The third kappa shape index (κ3) is 1.61. The van der Waals surface area contributed by atoms with Gasteiger partial charge in [0.2, 0.25) is 0 Å². The van der Waals surface area contributed by atoms with Crippen molar-refractivity contribution < 1.29 is 0 Å². The first-order valence-corrected chi connectivity index (χ1v) is 5.85. The van der Waals surface area contributed by atoms with E-state index in [2.05, 4.69) is 48.0 Å². The highest BCUT2D eigenvalue weighted by Crippen LogP contribution is 2.41. The SMILES string of the molecule is CC1(C)CCC(N)c2cc(Br)ccc21. The third-order valence-electron chi connectivity index (χ3n) is 3.22. The van der Waals surface area contributed by atoms with Crippen molar-refractivity contribution >= 4 is 15.9 Å². The lowest BCUT2D eigenvalue weighted by atomic mass is 9.71. The summed E-state index contributed by atoms with van der Waals surface area (Å²) in [4.78, 5) is 0. The summed E-state index contributed by atoms with van der Waals surface area (Å²) in [6.07, 6.45) is 2.28. The minimum Gasteiger partial charge on any atom is -0.324 e. The summed E-state index contributed by atoms with van der Waals surface area (Å²) >= 11 is 3.50. The second kappa shape index (κ2) is 3.35. The standard InChI is InChI=1S/C12H16BrN/c1-12(2)6-5-11(14)9-7-8(13)3-4-10(9)12/h3-4,7,11H,5-6,14H2,1-2H3. The van der Waals surface area contributed by atoms with Crippen molar-refractivity contribution in [2.75, 3.05) is 0 Å². The van der Waals surface area contributed by atoms with E-state index in [4.69, 9.17) is 5.73 Å². The van der Waals surface area contributed by atoms with Crippen LogP contribution in [0.1, 0.15) is 43.9 Å². The van der Waals surface area contributed by atoms with Gasteiger partial charge in [0.05, 0.1) is 0 Å². The summed E-state index contributed by atoms with van der Waals surface area (Å²) in [5.74, 6) is 0. The first-order chi connectivity index (χ1) is 6.50. The first-order valence-electron chi connectivity index (χ1n) is 5.06. The summed E-state index contributed by atoms with van der Waals surface area (Å²) in [5.41, 5.74) is 9.13. The molecule has 1 aromatic carbocycles. The van der Waals surface area contributed by atoms with Crippen LogP contribution in [0.5, 0.6) is 0 Å². The zero-order chi connectivity index (χ0) is 10.3. The van der Waals surface area contributed by atoms with Crippen molar-refractivity contribution in [3.63, 3.8) is 0 Å². The molecule has 1 nitrogen and oxygen atoms in total. The Balaban J connectivity index is 2.57. The van der Waals surface area contributed by atoms with Gasteiger partial charge in [0.15, 0.2) is 0 Å². The van der Waals surface area contributed by atoms with Gasteiger partial charge in [-0.05, 0) is 41.5 Å². The smallest absolute Gasteiger partial charge is 0.0298 e. The Morgan fingerprint density at radius 1 is 1.43 bits per heavy atom. The van der Waals surface area contributed by atoms with Gasteiger partial charge >= 0.3 is 0 Å². The van der Waals surface area contributed by atoms with E-state index in [1.54, 1.807) is 0 Å². The Labute approximate surface area is 93.8 Å². The van der Waals surface area contributed by atoms with Gasteiger partial charge in [-0.2, -0.15) is 0 Å². The lowest BCUT2D eigenvalue weighted by molar-refractivity contribution is 0.396. The Hall–Kier alpha value is -0.340. The van der Waals surface area contributed by atoms with Gasteiger partial charge in [0.25, 0.3) is 0 Å². The zero-order valence-electron chi connectivity index (χ0n) is 8.68. The van der Waals surface area contributed by atoms with E-state index in [9.17, 15) is 0 Å². The lowest BCUT2D eigenvalue weighted by Gasteiger charge is -2.35. The average molecular weight is 254 g/mol. The summed E-state index contributed by atoms with van der Waals surface area (Å²) in [6.45, 7) is 4.59. The van der Waals surface area contributed by atoms with E-state index >= 15 is 0 Å². The molecule has 0 heterocycles. The van der Waals surface area contributed by atoms with Gasteiger partial charge in [0.1, 0.15) is 0 Å². The van der Waals surface area contributed by atoms with Gasteiger partial charge in [-0.15, -0.1) is 0 Å². The number of benzene rings is 1. The summed E-state index contributed by atoms with van der Waals surface area (Å²) in [7, 11) is 0. The van der Waals surface area contributed by atoms with Crippen LogP contribution >= 0.6 is 15.9 Å². The van der Waals surface area contributed by atoms with Crippen LogP contribution in [-0.2, 0) is 5.41 Å². The molecule has 1 aromatic rings. The van der Waals surface area contributed by atoms with Crippen LogP contribution in [0.3, 0.4) is 0 Å². The van der Waals surface area contributed by atoms with Crippen LogP contribution in [-0.4, -0.2) is 0 Å². The molecular weight excluding hydrogens is 238 g/mol. The summed E-state index contributed by atoms with van der Waals surface area (Å²) in [5, 5.41) is 0. The van der Waals surface area contributed by atoms with Crippen LogP contribution in [0.4, 0.5) is 0 Å². The van der Waals surface area contributed by atoms with Crippen molar-refractivity contribution in [2.45, 2.75) is 38.1 Å². The number of halogens is 1.